The summed E-state index contributed by atoms with van der Waals surface area (Å²) in [6.45, 7) is 3.97. The molecule has 23 heavy (non-hydrogen) atoms. The van der Waals surface area contributed by atoms with Crippen LogP contribution in [0.15, 0.2) is 30.3 Å². The zero-order valence-corrected chi connectivity index (χ0v) is 13.5. The van der Waals surface area contributed by atoms with E-state index in [2.05, 4.69) is 17.4 Å². The highest BCUT2D eigenvalue weighted by atomic mass is 16.2. The Bertz CT molecular complexity index is 546. The number of amides is 2. The van der Waals surface area contributed by atoms with Gasteiger partial charge in [0.1, 0.15) is 0 Å². The Morgan fingerprint density at radius 3 is 2.78 bits per heavy atom. The quantitative estimate of drug-likeness (QED) is 0.897. The summed E-state index contributed by atoms with van der Waals surface area (Å²) in [5.41, 5.74) is 1.18. The lowest BCUT2D eigenvalue weighted by Gasteiger charge is -2.36. The Morgan fingerprint density at radius 1 is 1.22 bits per heavy atom. The van der Waals surface area contributed by atoms with E-state index in [1.165, 1.54) is 5.56 Å². The maximum Gasteiger partial charge on any atom is 0.223 e. The molecule has 2 fully saturated rings. The molecule has 0 saturated carbocycles. The molecule has 124 valence electrons. The van der Waals surface area contributed by atoms with Crippen molar-refractivity contribution in [2.24, 2.45) is 0 Å². The van der Waals surface area contributed by atoms with Crippen LogP contribution in [0.25, 0.3) is 0 Å². The van der Waals surface area contributed by atoms with Crippen molar-refractivity contribution in [1.29, 1.82) is 0 Å². The van der Waals surface area contributed by atoms with Crippen molar-refractivity contribution in [2.75, 3.05) is 32.7 Å². The Labute approximate surface area is 137 Å². The van der Waals surface area contributed by atoms with Crippen molar-refractivity contribution in [2.45, 2.75) is 31.7 Å². The minimum atomic E-state index is 0.117. The van der Waals surface area contributed by atoms with Gasteiger partial charge < -0.3 is 15.1 Å². The van der Waals surface area contributed by atoms with Gasteiger partial charge in [-0.1, -0.05) is 30.3 Å². The molecule has 0 spiro atoms. The third-order valence-corrected chi connectivity index (χ3v) is 4.74. The van der Waals surface area contributed by atoms with Gasteiger partial charge in [-0.3, -0.25) is 9.59 Å². The van der Waals surface area contributed by atoms with E-state index in [0.29, 0.717) is 19.4 Å². The molecule has 0 aromatic heterocycles. The molecular weight excluding hydrogens is 290 g/mol. The first kappa shape index (κ1) is 16.0. The average molecular weight is 315 g/mol. The highest BCUT2D eigenvalue weighted by molar-refractivity contribution is 5.78. The fourth-order valence-corrected chi connectivity index (χ4v) is 3.48. The van der Waals surface area contributed by atoms with Gasteiger partial charge in [0, 0.05) is 45.6 Å². The molecule has 0 aliphatic carbocycles. The molecule has 1 aromatic rings. The third kappa shape index (κ3) is 3.91. The minimum Gasteiger partial charge on any atom is -0.343 e. The number of piperazine rings is 1. The predicted octanol–water partition coefficient (Wildman–Crippen LogP) is 1.56. The van der Waals surface area contributed by atoms with Crippen LogP contribution in [-0.4, -0.2) is 54.3 Å². The summed E-state index contributed by atoms with van der Waals surface area (Å²) in [4.78, 5) is 28.1. The summed E-state index contributed by atoms with van der Waals surface area (Å²) >= 11 is 0. The van der Waals surface area contributed by atoms with Crippen molar-refractivity contribution in [1.82, 2.24) is 15.1 Å². The second-order valence-electron chi connectivity index (χ2n) is 6.31. The van der Waals surface area contributed by atoms with Gasteiger partial charge in [-0.05, 0) is 18.4 Å². The first-order valence-electron chi connectivity index (χ1n) is 8.58. The van der Waals surface area contributed by atoms with Gasteiger partial charge in [0.15, 0.2) is 0 Å². The van der Waals surface area contributed by atoms with Crippen molar-refractivity contribution < 1.29 is 9.59 Å². The van der Waals surface area contributed by atoms with Crippen molar-refractivity contribution in [3.8, 4) is 0 Å². The van der Waals surface area contributed by atoms with E-state index in [0.717, 1.165) is 39.0 Å². The van der Waals surface area contributed by atoms with Gasteiger partial charge in [-0.15, -0.1) is 0 Å². The molecule has 3 rings (SSSR count). The zero-order valence-electron chi connectivity index (χ0n) is 13.5. The summed E-state index contributed by atoms with van der Waals surface area (Å²) in [5.74, 6) is 0.439. The molecule has 0 unspecified atom stereocenters. The maximum absolute atomic E-state index is 12.6. The SMILES string of the molecule is O=C1CCCN1CCCC(=O)N1CCNC[C@@H]1c1ccccc1. The van der Waals surface area contributed by atoms with Crippen LogP contribution in [0.3, 0.4) is 0 Å². The summed E-state index contributed by atoms with van der Waals surface area (Å²) < 4.78 is 0. The van der Waals surface area contributed by atoms with E-state index in [1.54, 1.807) is 0 Å². The third-order valence-electron chi connectivity index (χ3n) is 4.74. The van der Waals surface area contributed by atoms with E-state index in [4.69, 9.17) is 0 Å². The molecule has 0 bridgehead atoms. The van der Waals surface area contributed by atoms with Crippen LogP contribution in [0, 0.1) is 0 Å². The molecule has 1 N–H and O–H groups in total. The maximum atomic E-state index is 12.6. The zero-order chi connectivity index (χ0) is 16.1. The lowest BCUT2D eigenvalue weighted by Crippen LogP contribution is -2.48. The average Bonchev–Trinajstić information content (AvgIpc) is 3.01. The van der Waals surface area contributed by atoms with Gasteiger partial charge in [0.05, 0.1) is 6.04 Å². The summed E-state index contributed by atoms with van der Waals surface area (Å²) in [6.07, 6.45) is 2.91. The molecule has 1 aromatic carbocycles. The molecule has 2 heterocycles. The first-order valence-corrected chi connectivity index (χ1v) is 8.58. The van der Waals surface area contributed by atoms with Crippen molar-refractivity contribution in [3.63, 3.8) is 0 Å². The van der Waals surface area contributed by atoms with Crippen LogP contribution in [0.2, 0.25) is 0 Å². The molecular formula is C18H25N3O2. The van der Waals surface area contributed by atoms with Gasteiger partial charge in [0.25, 0.3) is 0 Å². The molecule has 2 amide bonds. The fourth-order valence-electron chi connectivity index (χ4n) is 3.48. The molecule has 2 saturated heterocycles. The number of nitrogens with zero attached hydrogens (tertiary/aromatic N) is 2. The summed E-state index contributed by atoms with van der Waals surface area (Å²) in [6, 6.07) is 10.3. The molecule has 2 aliphatic heterocycles. The lowest BCUT2D eigenvalue weighted by atomic mass is 10.0. The van der Waals surface area contributed by atoms with Gasteiger partial charge in [-0.2, -0.15) is 0 Å². The van der Waals surface area contributed by atoms with Crippen LogP contribution in [0.1, 0.15) is 37.3 Å². The van der Waals surface area contributed by atoms with Crippen molar-refractivity contribution in [3.05, 3.63) is 35.9 Å². The summed E-state index contributed by atoms with van der Waals surface area (Å²) in [5, 5.41) is 3.38. The second kappa shape index (κ2) is 7.59. The number of rotatable bonds is 5. The monoisotopic (exact) mass is 315 g/mol. The number of carbonyl (C=O) groups excluding carboxylic acids is 2. The molecule has 2 aliphatic rings. The van der Waals surface area contributed by atoms with E-state index in [-0.39, 0.29) is 17.9 Å². The fraction of sp³-hybridized carbons (Fsp3) is 0.556. The number of hydrogen-bond donors (Lipinski definition) is 1. The van der Waals surface area contributed by atoms with Gasteiger partial charge in [-0.25, -0.2) is 0 Å². The number of likely N-dealkylation sites (tertiary alicyclic amines) is 1. The number of carbonyl (C=O) groups is 2. The Hall–Kier alpha value is -1.88. The van der Waals surface area contributed by atoms with Crippen LogP contribution >= 0.6 is 0 Å². The minimum absolute atomic E-state index is 0.117. The molecule has 0 radical (unpaired) electrons. The van der Waals surface area contributed by atoms with Crippen LogP contribution < -0.4 is 5.32 Å². The molecule has 1 atom stereocenters. The van der Waals surface area contributed by atoms with Crippen molar-refractivity contribution >= 4 is 11.8 Å². The van der Waals surface area contributed by atoms with Crippen LogP contribution in [0.5, 0.6) is 0 Å². The van der Waals surface area contributed by atoms with E-state index in [9.17, 15) is 9.59 Å². The van der Waals surface area contributed by atoms with Gasteiger partial charge >= 0.3 is 0 Å². The van der Waals surface area contributed by atoms with Gasteiger partial charge in [0.2, 0.25) is 11.8 Å². The van der Waals surface area contributed by atoms with Crippen LogP contribution in [-0.2, 0) is 9.59 Å². The second-order valence-corrected chi connectivity index (χ2v) is 6.31. The smallest absolute Gasteiger partial charge is 0.223 e. The van der Waals surface area contributed by atoms with Crippen LogP contribution in [0.4, 0.5) is 0 Å². The largest absolute Gasteiger partial charge is 0.343 e. The summed E-state index contributed by atoms with van der Waals surface area (Å²) in [7, 11) is 0. The lowest BCUT2D eigenvalue weighted by molar-refractivity contribution is -0.135. The molecule has 5 nitrogen and oxygen atoms in total. The van der Waals surface area contributed by atoms with E-state index in [1.807, 2.05) is 28.0 Å². The normalized spacial score (nSPS) is 21.7. The highest BCUT2D eigenvalue weighted by Crippen LogP contribution is 2.23. The predicted molar refractivity (Wildman–Crippen MR) is 88.8 cm³/mol. The topological polar surface area (TPSA) is 52.7 Å². The standard InChI is InChI=1S/C18H25N3O2/c22-17-8-4-11-20(17)12-5-9-18(23)21-13-10-19-14-16(21)15-6-2-1-3-7-15/h1-3,6-7,16,19H,4-5,8-14H2/t16-/m1/s1. The molecule has 5 heteroatoms. The number of hydrogen-bond acceptors (Lipinski definition) is 3. The Balaban J connectivity index is 1.55. The van der Waals surface area contributed by atoms with E-state index >= 15 is 0 Å². The number of nitrogens with one attached hydrogen (secondary N) is 1. The number of benzene rings is 1. The highest BCUT2D eigenvalue weighted by Gasteiger charge is 2.27. The van der Waals surface area contributed by atoms with E-state index < -0.39 is 0 Å². The Morgan fingerprint density at radius 2 is 2.04 bits per heavy atom. The first-order chi connectivity index (χ1) is 11.3. The Kier molecular flexibility index (Phi) is 5.28.